The summed E-state index contributed by atoms with van der Waals surface area (Å²) >= 11 is 0. The van der Waals surface area contributed by atoms with Gasteiger partial charge in [-0.05, 0) is 36.2 Å². The smallest absolute Gasteiger partial charge is 0.226 e. The van der Waals surface area contributed by atoms with Crippen LogP contribution in [0.15, 0.2) is 47.2 Å². The van der Waals surface area contributed by atoms with Crippen molar-refractivity contribution < 1.29 is 18.7 Å². The highest BCUT2D eigenvalue weighted by Gasteiger charge is 2.19. The predicted molar refractivity (Wildman–Crippen MR) is 115 cm³/mol. The first-order valence-corrected chi connectivity index (χ1v) is 9.92. The van der Waals surface area contributed by atoms with Gasteiger partial charge in [-0.2, -0.15) is 4.52 Å². The van der Waals surface area contributed by atoms with Gasteiger partial charge >= 0.3 is 0 Å². The number of anilines is 1. The third-order valence-electron chi connectivity index (χ3n) is 4.78. The summed E-state index contributed by atoms with van der Waals surface area (Å²) in [6.45, 7) is 2.42. The van der Waals surface area contributed by atoms with E-state index in [4.69, 9.17) is 13.9 Å². The average molecular weight is 421 g/mol. The van der Waals surface area contributed by atoms with Crippen LogP contribution in [0.1, 0.15) is 35.7 Å². The lowest BCUT2D eigenvalue weighted by Gasteiger charge is -2.11. The molecular weight excluding hydrogens is 398 g/mol. The second-order valence-electron chi connectivity index (χ2n) is 6.86. The van der Waals surface area contributed by atoms with E-state index in [2.05, 4.69) is 20.4 Å². The van der Waals surface area contributed by atoms with Gasteiger partial charge in [-0.25, -0.2) is 9.97 Å². The highest BCUT2D eigenvalue weighted by molar-refractivity contribution is 6.01. The Morgan fingerprint density at radius 1 is 1.19 bits per heavy atom. The minimum atomic E-state index is -0.0233. The molecule has 9 heteroatoms. The number of Topliss-reactive ketones (excluding diaryl/α,β-unsaturated/α-hetero) is 1. The average Bonchev–Trinajstić information content (AvgIpc) is 3.47. The second-order valence-corrected chi connectivity index (χ2v) is 6.86. The van der Waals surface area contributed by atoms with Crippen molar-refractivity contribution in [1.29, 1.82) is 0 Å². The zero-order valence-corrected chi connectivity index (χ0v) is 17.6. The molecule has 0 unspecified atom stereocenters. The Kier molecular flexibility index (Phi) is 5.83. The number of ketones is 1. The van der Waals surface area contributed by atoms with E-state index < -0.39 is 0 Å². The van der Waals surface area contributed by atoms with Crippen LogP contribution < -0.4 is 14.8 Å². The van der Waals surface area contributed by atoms with E-state index in [1.54, 1.807) is 43.3 Å². The highest BCUT2D eigenvalue weighted by atomic mass is 16.5. The van der Waals surface area contributed by atoms with E-state index in [0.29, 0.717) is 53.2 Å². The molecule has 0 saturated heterocycles. The normalized spacial score (nSPS) is 10.9. The minimum Gasteiger partial charge on any atom is -0.493 e. The summed E-state index contributed by atoms with van der Waals surface area (Å²) < 4.78 is 17.6. The largest absolute Gasteiger partial charge is 0.493 e. The van der Waals surface area contributed by atoms with Gasteiger partial charge in [0, 0.05) is 19.2 Å². The zero-order chi connectivity index (χ0) is 21.8. The number of rotatable bonds is 9. The van der Waals surface area contributed by atoms with Gasteiger partial charge in [0.15, 0.2) is 28.7 Å². The number of carbonyl (C=O) groups excluding carboxylic acids is 1. The summed E-state index contributed by atoms with van der Waals surface area (Å²) in [6.07, 6.45) is 4.26. The molecule has 0 spiro atoms. The molecule has 1 N–H and O–H groups in total. The van der Waals surface area contributed by atoms with Gasteiger partial charge in [0.05, 0.1) is 26.0 Å². The molecular formula is C22H23N5O4. The molecule has 0 saturated carbocycles. The van der Waals surface area contributed by atoms with Crippen LogP contribution in [0.5, 0.6) is 11.5 Å². The van der Waals surface area contributed by atoms with Gasteiger partial charge in [0.1, 0.15) is 0 Å². The molecule has 0 radical (unpaired) electrons. The number of fused-ring (bicyclic) bond motifs is 1. The van der Waals surface area contributed by atoms with Crippen molar-refractivity contribution in [3.63, 3.8) is 0 Å². The lowest BCUT2D eigenvalue weighted by Crippen LogP contribution is -2.11. The van der Waals surface area contributed by atoms with E-state index >= 15 is 0 Å². The summed E-state index contributed by atoms with van der Waals surface area (Å²) in [5, 5.41) is 7.78. The maximum atomic E-state index is 12.6. The summed E-state index contributed by atoms with van der Waals surface area (Å²) in [5.41, 5.74) is 1.84. The Bertz CT molecular complexity index is 1200. The van der Waals surface area contributed by atoms with Gasteiger partial charge in [0.2, 0.25) is 11.8 Å². The fourth-order valence-electron chi connectivity index (χ4n) is 3.23. The Morgan fingerprint density at radius 2 is 2.03 bits per heavy atom. The van der Waals surface area contributed by atoms with Crippen LogP contribution in [0, 0.1) is 0 Å². The zero-order valence-electron chi connectivity index (χ0n) is 17.6. The molecule has 0 atom stereocenters. The van der Waals surface area contributed by atoms with Crippen molar-refractivity contribution in [2.24, 2.45) is 0 Å². The Labute approximate surface area is 179 Å². The number of nitrogens with zero attached hydrogens (tertiary/aromatic N) is 4. The molecule has 0 aliphatic rings. The molecule has 0 fully saturated rings. The van der Waals surface area contributed by atoms with Crippen LogP contribution >= 0.6 is 0 Å². The number of aromatic nitrogens is 4. The quantitative estimate of drug-likeness (QED) is 0.405. The maximum Gasteiger partial charge on any atom is 0.226 e. The fraction of sp³-hybridized carbons (Fsp3) is 0.273. The third-order valence-corrected chi connectivity index (χ3v) is 4.78. The number of methoxy groups -OCH3 is 2. The summed E-state index contributed by atoms with van der Waals surface area (Å²) in [4.78, 5) is 21.6. The third kappa shape index (κ3) is 4.07. The molecule has 0 amide bonds. The Hall–Kier alpha value is -3.88. The topological polar surface area (TPSA) is 104 Å². The molecule has 4 rings (SSSR count). The first-order valence-electron chi connectivity index (χ1n) is 9.92. The van der Waals surface area contributed by atoms with Gasteiger partial charge < -0.3 is 19.2 Å². The number of nitrogens with one attached hydrogen (secondary N) is 1. The maximum absolute atomic E-state index is 12.6. The second kappa shape index (κ2) is 8.86. The highest BCUT2D eigenvalue weighted by Crippen LogP contribution is 2.28. The van der Waals surface area contributed by atoms with Crippen LogP contribution in [0.4, 0.5) is 5.95 Å². The lowest BCUT2D eigenvalue weighted by molar-refractivity contribution is 0.0982. The fourth-order valence-corrected chi connectivity index (χ4v) is 3.23. The van der Waals surface area contributed by atoms with E-state index in [9.17, 15) is 4.79 Å². The Balaban J connectivity index is 1.69. The lowest BCUT2D eigenvalue weighted by atomic mass is 10.1. The first kappa shape index (κ1) is 20.4. The van der Waals surface area contributed by atoms with Crippen LogP contribution in [0.25, 0.3) is 17.2 Å². The van der Waals surface area contributed by atoms with E-state index in [-0.39, 0.29) is 5.78 Å². The molecule has 1 aromatic carbocycles. The number of benzene rings is 1. The van der Waals surface area contributed by atoms with Crippen molar-refractivity contribution in [3.05, 3.63) is 53.9 Å². The predicted octanol–water partition coefficient (Wildman–Crippen LogP) is 4.00. The number of furan rings is 1. The summed E-state index contributed by atoms with van der Waals surface area (Å²) in [5.74, 6) is 2.64. The first-order chi connectivity index (χ1) is 15.1. The van der Waals surface area contributed by atoms with Crippen LogP contribution in [-0.4, -0.2) is 39.6 Å². The van der Waals surface area contributed by atoms with Gasteiger partial charge in [-0.3, -0.25) is 4.79 Å². The van der Waals surface area contributed by atoms with Crippen LogP contribution in [0.2, 0.25) is 0 Å². The van der Waals surface area contributed by atoms with Crippen molar-refractivity contribution in [1.82, 2.24) is 19.6 Å². The van der Waals surface area contributed by atoms with E-state index in [1.807, 2.05) is 25.1 Å². The summed E-state index contributed by atoms with van der Waals surface area (Å²) in [7, 11) is 3.19. The molecule has 0 aliphatic heterocycles. The van der Waals surface area contributed by atoms with Crippen LogP contribution in [0.3, 0.4) is 0 Å². The number of hydrogen-bond donors (Lipinski definition) is 1. The van der Waals surface area contributed by atoms with Crippen molar-refractivity contribution in [2.45, 2.75) is 26.3 Å². The van der Waals surface area contributed by atoms with Gasteiger partial charge in [-0.15, -0.1) is 5.10 Å². The Morgan fingerprint density at radius 3 is 2.74 bits per heavy atom. The molecule has 31 heavy (non-hydrogen) atoms. The van der Waals surface area contributed by atoms with Crippen molar-refractivity contribution in [3.8, 4) is 23.1 Å². The molecule has 3 heterocycles. The van der Waals surface area contributed by atoms with E-state index in [1.165, 1.54) is 0 Å². The molecule has 160 valence electrons. The van der Waals surface area contributed by atoms with Crippen LogP contribution in [-0.2, 0) is 6.54 Å². The SMILES string of the molecule is CCCC(=O)c1cnc(NCc2ccc(OC)c(OC)c2)n2nc(-c3ccco3)nc12. The van der Waals surface area contributed by atoms with Gasteiger partial charge in [-0.1, -0.05) is 13.0 Å². The van der Waals surface area contributed by atoms with Gasteiger partial charge in [0.25, 0.3) is 0 Å². The van der Waals surface area contributed by atoms with Crippen molar-refractivity contribution in [2.75, 3.05) is 19.5 Å². The molecule has 4 aromatic rings. The molecule has 3 aromatic heterocycles. The standard InChI is InChI=1S/C22H23N5O4/c1-4-6-16(28)15-13-24-22(23-12-14-8-9-17(29-2)19(11-14)30-3)27-21(15)25-20(26-27)18-7-5-10-31-18/h5,7-11,13H,4,6,12H2,1-3H3,(H,23,24). The number of carbonyl (C=O) groups is 1. The molecule has 9 nitrogen and oxygen atoms in total. The molecule has 0 bridgehead atoms. The monoisotopic (exact) mass is 421 g/mol. The number of ether oxygens (including phenoxy) is 2. The van der Waals surface area contributed by atoms with Crippen molar-refractivity contribution >= 4 is 17.4 Å². The summed E-state index contributed by atoms with van der Waals surface area (Å²) in [6, 6.07) is 9.19. The van der Waals surface area contributed by atoms with E-state index in [0.717, 1.165) is 12.0 Å². The number of hydrogen-bond acceptors (Lipinski definition) is 8. The minimum absolute atomic E-state index is 0.0233. The molecule has 0 aliphatic carbocycles.